The van der Waals surface area contributed by atoms with Gasteiger partial charge in [0.1, 0.15) is 0 Å². The number of hydrogen-bond acceptors (Lipinski definition) is 0. The van der Waals surface area contributed by atoms with E-state index in [0.717, 1.165) is 22.4 Å². The molecular formula is C42H32Cl2SiZr. The number of fused-ring (bicyclic) bond motifs is 4. The second kappa shape index (κ2) is 15.9. The van der Waals surface area contributed by atoms with Crippen LogP contribution in [0.3, 0.4) is 0 Å². The summed E-state index contributed by atoms with van der Waals surface area (Å²) in [6.45, 7) is 2.26. The van der Waals surface area contributed by atoms with Gasteiger partial charge >= 0.3 is 37.9 Å². The maximum absolute atomic E-state index is 4.93. The fourth-order valence-electron chi connectivity index (χ4n) is 6.22. The largest absolute Gasteiger partial charge is 0.184 e. The molecule has 222 valence electrons. The van der Waals surface area contributed by atoms with E-state index >= 15 is 0 Å². The van der Waals surface area contributed by atoms with Crippen molar-refractivity contribution in [3.63, 3.8) is 0 Å². The molecule has 0 aliphatic carbocycles. The van der Waals surface area contributed by atoms with Gasteiger partial charge in [-0.15, -0.1) is 40.1 Å². The van der Waals surface area contributed by atoms with Gasteiger partial charge in [-0.05, 0) is 28.7 Å². The maximum Gasteiger partial charge on any atom is 0.0920 e. The first-order chi connectivity index (χ1) is 22.7. The standard InChI is InChI=1S/C30H25.C12H7Si.2ClH.Zr/c1-2-11-24-18-19-25-20-26(22-12-5-3-6-13-22)21-29(25)30(24)28-17-10-9-16-27(28)23-14-7-4-8-15-23;1-3-7-11-9(5-1)10-6-2-4-8-12(10)13-11;;;/h3-10,12-21H,2,11H2,1H3;1-7H;2*1H;/q2*-1;;;+4/p-2. The van der Waals surface area contributed by atoms with E-state index in [-0.39, 0.29) is 0 Å². The Bertz CT molecular complexity index is 1990. The molecule has 7 aromatic rings. The van der Waals surface area contributed by atoms with Crippen molar-refractivity contribution in [2.45, 2.75) is 19.8 Å². The van der Waals surface area contributed by atoms with Crippen LogP contribution in [0.1, 0.15) is 18.9 Å². The summed E-state index contributed by atoms with van der Waals surface area (Å²) in [5, 5.41) is 5.48. The van der Waals surface area contributed by atoms with Crippen molar-refractivity contribution in [1.29, 1.82) is 0 Å². The Labute approximate surface area is 293 Å². The zero-order valence-corrected chi connectivity index (χ0v) is 30.6. The second-order valence-electron chi connectivity index (χ2n) is 11.1. The third-order valence-electron chi connectivity index (χ3n) is 8.22. The molecular weight excluding hydrogens is 695 g/mol. The van der Waals surface area contributed by atoms with Gasteiger partial charge in [0.2, 0.25) is 0 Å². The number of halogens is 2. The SMILES string of the molecule is CCCc1ccc2[cH-]c(-c3ccccc3)cc2c1-c1ccccc1-c1ccccc1.[Cl][Zr+2][Cl].[c-]1cccc2c1[Si]c1ccccc1-2. The Kier molecular flexibility index (Phi) is 11.3. The van der Waals surface area contributed by atoms with Crippen molar-refractivity contribution >= 4 is 47.7 Å². The molecule has 1 aliphatic rings. The van der Waals surface area contributed by atoms with Crippen LogP contribution in [0.4, 0.5) is 0 Å². The normalized spacial score (nSPS) is 10.9. The first-order valence-corrected chi connectivity index (χ1v) is 22.8. The summed E-state index contributed by atoms with van der Waals surface area (Å²) in [7, 11) is 10.7. The first kappa shape index (κ1) is 32.5. The van der Waals surface area contributed by atoms with Gasteiger partial charge in [-0.1, -0.05) is 150 Å². The van der Waals surface area contributed by atoms with Gasteiger partial charge < -0.3 is 0 Å². The zero-order valence-electron chi connectivity index (χ0n) is 25.6. The van der Waals surface area contributed by atoms with Crippen molar-refractivity contribution in [2.24, 2.45) is 0 Å². The van der Waals surface area contributed by atoms with Gasteiger partial charge in [-0.25, -0.2) is 0 Å². The van der Waals surface area contributed by atoms with Gasteiger partial charge in [-0.3, -0.25) is 0 Å². The van der Waals surface area contributed by atoms with E-state index < -0.39 is 20.8 Å². The minimum Gasteiger partial charge on any atom is -0.184 e. The van der Waals surface area contributed by atoms with Crippen LogP contribution in [0.15, 0.2) is 152 Å². The van der Waals surface area contributed by atoms with Crippen LogP contribution in [0.25, 0.3) is 55.3 Å². The van der Waals surface area contributed by atoms with Crippen LogP contribution in [0, 0.1) is 6.07 Å². The van der Waals surface area contributed by atoms with Crippen molar-refractivity contribution < 1.29 is 20.8 Å². The summed E-state index contributed by atoms with van der Waals surface area (Å²) in [5.41, 5.74) is 12.0. The van der Waals surface area contributed by atoms with E-state index in [9.17, 15) is 0 Å². The fourth-order valence-corrected chi connectivity index (χ4v) is 7.53. The van der Waals surface area contributed by atoms with Crippen LogP contribution >= 0.6 is 17.0 Å². The minimum atomic E-state index is -0.826. The molecule has 0 saturated heterocycles. The Hall–Kier alpha value is -3.39. The fraction of sp³-hybridized carbons (Fsp3) is 0.0714. The van der Waals surface area contributed by atoms with Gasteiger partial charge in [0.15, 0.2) is 0 Å². The summed E-state index contributed by atoms with van der Waals surface area (Å²) in [6.07, 6.45) is 2.22. The first-order valence-electron chi connectivity index (χ1n) is 15.5. The predicted octanol–water partition coefficient (Wildman–Crippen LogP) is 11.0. The van der Waals surface area contributed by atoms with Gasteiger partial charge in [0.05, 0.1) is 9.52 Å². The van der Waals surface area contributed by atoms with Gasteiger partial charge in [0.25, 0.3) is 0 Å². The van der Waals surface area contributed by atoms with E-state index in [4.69, 9.17) is 17.0 Å². The third kappa shape index (κ3) is 7.27. The topological polar surface area (TPSA) is 0 Å². The molecule has 46 heavy (non-hydrogen) atoms. The Morgan fingerprint density at radius 1 is 0.652 bits per heavy atom. The number of benzene rings is 6. The molecule has 0 nitrogen and oxygen atoms in total. The van der Waals surface area contributed by atoms with E-state index in [1.165, 1.54) is 71.2 Å². The van der Waals surface area contributed by atoms with E-state index in [1.54, 1.807) is 0 Å². The molecule has 0 spiro atoms. The van der Waals surface area contributed by atoms with E-state index in [1.807, 2.05) is 6.07 Å². The summed E-state index contributed by atoms with van der Waals surface area (Å²) in [4.78, 5) is 0. The molecule has 7 aromatic carbocycles. The quantitative estimate of drug-likeness (QED) is 0.122. The summed E-state index contributed by atoms with van der Waals surface area (Å²) < 4.78 is 0. The van der Waals surface area contributed by atoms with Gasteiger partial charge in [0, 0.05) is 0 Å². The Morgan fingerprint density at radius 2 is 1.26 bits per heavy atom. The molecule has 0 fully saturated rings. The van der Waals surface area contributed by atoms with Crippen molar-refractivity contribution in [3.05, 3.63) is 163 Å². The minimum absolute atomic E-state index is 0.795. The Balaban J connectivity index is 0.000000191. The molecule has 1 aliphatic heterocycles. The molecule has 4 heteroatoms. The zero-order chi connectivity index (χ0) is 31.7. The molecule has 0 bridgehead atoms. The van der Waals surface area contributed by atoms with Crippen molar-refractivity contribution in [3.8, 4) is 44.5 Å². The number of rotatable bonds is 5. The molecule has 2 radical (unpaired) electrons. The number of hydrogen-bond donors (Lipinski definition) is 0. The van der Waals surface area contributed by atoms with E-state index in [2.05, 4.69) is 159 Å². The molecule has 0 N–H and O–H groups in total. The molecule has 1 heterocycles. The molecule has 0 saturated carbocycles. The van der Waals surface area contributed by atoms with Crippen molar-refractivity contribution in [1.82, 2.24) is 0 Å². The van der Waals surface area contributed by atoms with E-state index in [0.29, 0.717) is 0 Å². The smallest absolute Gasteiger partial charge is 0.0920 e. The monoisotopic (exact) mass is 724 g/mol. The van der Waals surface area contributed by atoms with Crippen molar-refractivity contribution in [2.75, 3.05) is 0 Å². The molecule has 8 rings (SSSR count). The molecule has 0 aromatic heterocycles. The number of aryl methyl sites for hydroxylation is 1. The maximum atomic E-state index is 4.93. The van der Waals surface area contributed by atoms with Crippen LogP contribution in [-0.2, 0) is 27.3 Å². The van der Waals surface area contributed by atoms with Gasteiger partial charge in [-0.2, -0.15) is 29.5 Å². The average molecular weight is 727 g/mol. The summed E-state index contributed by atoms with van der Waals surface area (Å²) >= 11 is -0.826. The molecule has 0 unspecified atom stereocenters. The second-order valence-corrected chi connectivity index (χ2v) is 16.1. The Morgan fingerprint density at radius 3 is 1.98 bits per heavy atom. The van der Waals surface area contributed by atoms with Crippen LogP contribution < -0.4 is 10.4 Å². The molecule has 0 atom stereocenters. The summed E-state index contributed by atoms with van der Waals surface area (Å²) in [6, 6.07) is 57.8. The van der Waals surface area contributed by atoms with Crippen LogP contribution in [-0.4, -0.2) is 9.52 Å². The van der Waals surface area contributed by atoms with Crippen LogP contribution in [0.5, 0.6) is 0 Å². The predicted molar refractivity (Wildman–Crippen MR) is 197 cm³/mol. The summed E-state index contributed by atoms with van der Waals surface area (Å²) in [5.74, 6) is 0. The molecule has 0 amide bonds. The average Bonchev–Trinajstić information content (AvgIpc) is 3.72. The van der Waals surface area contributed by atoms with Crippen LogP contribution in [0.2, 0.25) is 0 Å². The third-order valence-corrected chi connectivity index (χ3v) is 9.59.